The van der Waals surface area contributed by atoms with E-state index in [9.17, 15) is 34.2 Å². The monoisotopic (exact) mass is 669 g/mol. The molecule has 0 aromatic rings. The number of nitrogens with two attached hydrogens (primary N) is 1. The summed E-state index contributed by atoms with van der Waals surface area (Å²) in [6.07, 6.45) is 17.3. The van der Waals surface area contributed by atoms with Gasteiger partial charge in [0.05, 0.1) is 6.10 Å². The molecule has 0 bridgehead atoms. The minimum absolute atomic E-state index is 0.0476. The van der Waals surface area contributed by atoms with Crippen molar-refractivity contribution in [1.82, 2.24) is 0 Å². The first-order chi connectivity index (χ1) is 21.8. The molecule has 0 radical (unpaired) electrons. The van der Waals surface area contributed by atoms with E-state index in [0.717, 1.165) is 51.4 Å². The highest BCUT2D eigenvalue weighted by Gasteiger charge is 2.40. The van der Waals surface area contributed by atoms with Crippen LogP contribution in [0.25, 0.3) is 0 Å². The Labute approximate surface area is 274 Å². The molecule has 0 saturated heterocycles. The van der Waals surface area contributed by atoms with Crippen LogP contribution in [0.4, 0.5) is 0 Å². The molecule has 2 aliphatic rings. The van der Waals surface area contributed by atoms with E-state index in [0.29, 0.717) is 18.8 Å². The maximum atomic E-state index is 12.3. The van der Waals surface area contributed by atoms with Gasteiger partial charge in [0.25, 0.3) is 0 Å². The molecule has 8 atom stereocenters. The van der Waals surface area contributed by atoms with Crippen molar-refractivity contribution in [1.29, 1.82) is 0 Å². The minimum atomic E-state index is -5.08. The average molecular weight is 670 g/mol. The summed E-state index contributed by atoms with van der Waals surface area (Å²) in [6, 6.07) is 0. The third kappa shape index (κ3) is 15.2. The van der Waals surface area contributed by atoms with Gasteiger partial charge in [0.1, 0.15) is 23.9 Å². The van der Waals surface area contributed by atoms with Crippen LogP contribution in [0.1, 0.15) is 97.8 Å². The Kier molecular flexibility index (Phi) is 17.7. The molecule has 8 unspecified atom stereocenters. The van der Waals surface area contributed by atoms with Crippen LogP contribution in [-0.4, -0.2) is 68.5 Å². The first-order valence-corrected chi connectivity index (χ1v) is 18.3. The van der Waals surface area contributed by atoms with Crippen LogP contribution in [0.15, 0.2) is 48.6 Å². The van der Waals surface area contributed by atoms with E-state index in [2.05, 4.69) is 13.8 Å². The summed E-state index contributed by atoms with van der Waals surface area (Å²) in [7, 11) is -5.08. The number of ether oxygens (including phenoxy) is 2. The van der Waals surface area contributed by atoms with Crippen molar-refractivity contribution in [2.24, 2.45) is 23.5 Å². The zero-order valence-electron chi connectivity index (χ0n) is 27.6. The van der Waals surface area contributed by atoms with E-state index in [1.807, 2.05) is 13.0 Å². The van der Waals surface area contributed by atoms with E-state index in [1.165, 1.54) is 24.3 Å². The molecule has 0 spiro atoms. The van der Waals surface area contributed by atoms with Gasteiger partial charge in [0, 0.05) is 24.8 Å². The van der Waals surface area contributed by atoms with E-state index >= 15 is 0 Å². The van der Waals surface area contributed by atoms with Gasteiger partial charge in [-0.05, 0) is 69.4 Å². The number of rotatable bonds is 20. The van der Waals surface area contributed by atoms with Crippen LogP contribution in [0.5, 0.6) is 0 Å². The van der Waals surface area contributed by atoms with E-state index in [4.69, 9.17) is 19.7 Å². The van der Waals surface area contributed by atoms with E-state index in [1.54, 1.807) is 18.2 Å². The van der Waals surface area contributed by atoms with Crippen molar-refractivity contribution in [3.8, 4) is 0 Å². The Bertz CT molecular complexity index is 1100. The minimum Gasteiger partial charge on any atom is -0.462 e. The average Bonchev–Trinajstić information content (AvgIpc) is 2.99. The maximum Gasteiger partial charge on any atom is 0.469 e. The molecule has 2 rings (SSSR count). The van der Waals surface area contributed by atoms with Gasteiger partial charge in [-0.15, -0.1) is 0 Å². The standard InChI is InChI=1S/C34H56NO10P/c1-4-25(3)11-6-9-16-32(37)43-29-15-10-13-26(23-29)12-7-8-14-28(36)24-31(45-46(40,41)42)34(39,21-22-35)20-19-30-27(5-2)17-18-33(38)44-30/h7-8,12,14,17-20,25-31,36,39H,4-6,9-11,13,15-16,21-24,35H2,1-3H3,(H2,40,41,42)/b12-7+,14-8+,20-19+. The third-order valence-corrected chi connectivity index (χ3v) is 9.37. The number of carbonyl (C=O) groups excluding carboxylic acids is 2. The van der Waals surface area contributed by atoms with Crippen molar-refractivity contribution in [2.75, 3.05) is 6.54 Å². The topological polar surface area (TPSA) is 186 Å². The number of carbonyl (C=O) groups is 2. The van der Waals surface area contributed by atoms with Gasteiger partial charge in [-0.2, -0.15) is 0 Å². The lowest BCUT2D eigenvalue weighted by Gasteiger charge is -2.35. The first kappa shape index (κ1) is 40.1. The Morgan fingerprint density at radius 3 is 2.65 bits per heavy atom. The lowest BCUT2D eigenvalue weighted by Crippen LogP contribution is -2.45. The Balaban J connectivity index is 1.99. The molecule has 1 heterocycles. The number of hydrogen-bond acceptors (Lipinski definition) is 9. The van der Waals surface area contributed by atoms with Crippen LogP contribution < -0.4 is 5.73 Å². The highest BCUT2D eigenvalue weighted by atomic mass is 31.2. The van der Waals surface area contributed by atoms with Crippen molar-refractivity contribution < 1.29 is 48.2 Å². The zero-order chi connectivity index (χ0) is 34.2. The quantitative estimate of drug-likeness (QED) is 0.0378. The number of phosphoric acid groups is 1. The number of allylic oxidation sites excluding steroid dienone is 3. The lowest BCUT2D eigenvalue weighted by molar-refractivity contribution is -0.151. The molecule has 262 valence electrons. The molecule has 1 saturated carbocycles. The third-order valence-electron chi connectivity index (χ3n) is 8.84. The Morgan fingerprint density at radius 2 is 1.98 bits per heavy atom. The van der Waals surface area contributed by atoms with Crippen LogP contribution in [0, 0.1) is 17.8 Å². The number of esters is 2. The van der Waals surface area contributed by atoms with Crippen molar-refractivity contribution in [2.45, 2.75) is 128 Å². The zero-order valence-corrected chi connectivity index (χ0v) is 28.5. The number of aliphatic hydroxyl groups is 2. The lowest BCUT2D eigenvalue weighted by atomic mass is 9.86. The van der Waals surface area contributed by atoms with Crippen molar-refractivity contribution in [3.63, 3.8) is 0 Å². The maximum absolute atomic E-state index is 12.3. The number of aliphatic hydroxyl groups excluding tert-OH is 1. The van der Waals surface area contributed by atoms with Gasteiger partial charge in [0.15, 0.2) is 0 Å². The van der Waals surface area contributed by atoms with Crippen LogP contribution in [0.2, 0.25) is 0 Å². The second kappa shape index (κ2) is 20.3. The van der Waals surface area contributed by atoms with E-state index < -0.39 is 37.7 Å². The molecule has 0 aromatic carbocycles. The van der Waals surface area contributed by atoms with Crippen molar-refractivity contribution >= 4 is 19.8 Å². The van der Waals surface area contributed by atoms with Gasteiger partial charge in [0.2, 0.25) is 0 Å². The molecule has 0 aromatic heterocycles. The predicted molar refractivity (Wildman–Crippen MR) is 176 cm³/mol. The summed E-state index contributed by atoms with van der Waals surface area (Å²) in [5, 5.41) is 22.2. The molecule has 1 aliphatic heterocycles. The molecule has 6 N–H and O–H groups in total. The fraction of sp³-hybridized carbons (Fsp3) is 0.706. The van der Waals surface area contributed by atoms with Gasteiger partial charge in [-0.3, -0.25) is 9.32 Å². The van der Waals surface area contributed by atoms with Gasteiger partial charge >= 0.3 is 19.8 Å². The molecule has 1 fully saturated rings. The van der Waals surface area contributed by atoms with Crippen LogP contribution >= 0.6 is 7.82 Å². The SMILES string of the molecule is CCC(C)CCCCC(=O)OC1CCCC(/C=C/C=C/C(O)CC(OP(=O)(O)O)C(O)(/C=C/C2OC(=O)C=CC2CC)CCN)C1. The first-order valence-electron chi connectivity index (χ1n) is 16.8. The summed E-state index contributed by atoms with van der Waals surface area (Å²) in [6.45, 7) is 6.27. The molecular weight excluding hydrogens is 613 g/mol. The summed E-state index contributed by atoms with van der Waals surface area (Å²) >= 11 is 0. The summed E-state index contributed by atoms with van der Waals surface area (Å²) in [4.78, 5) is 43.3. The Hall–Kier alpha value is -2.11. The molecule has 12 heteroatoms. The molecular formula is C34H56NO10P. The summed E-state index contributed by atoms with van der Waals surface area (Å²) in [5.74, 6) is 0.0647. The van der Waals surface area contributed by atoms with E-state index in [-0.39, 0.29) is 43.3 Å². The van der Waals surface area contributed by atoms with Gasteiger partial charge < -0.3 is 35.2 Å². The fourth-order valence-corrected chi connectivity index (χ4v) is 6.46. The van der Waals surface area contributed by atoms with Crippen LogP contribution in [0.3, 0.4) is 0 Å². The fourth-order valence-electron chi connectivity index (χ4n) is 5.86. The molecule has 46 heavy (non-hydrogen) atoms. The number of cyclic esters (lactones) is 1. The molecule has 1 aliphatic carbocycles. The van der Waals surface area contributed by atoms with Gasteiger partial charge in [-0.25, -0.2) is 9.36 Å². The summed E-state index contributed by atoms with van der Waals surface area (Å²) in [5.41, 5.74) is 3.75. The highest BCUT2D eigenvalue weighted by Crippen LogP contribution is 2.42. The Morgan fingerprint density at radius 1 is 1.22 bits per heavy atom. The predicted octanol–water partition coefficient (Wildman–Crippen LogP) is 5.18. The normalized spacial score (nSPS) is 25.9. The highest BCUT2D eigenvalue weighted by molar-refractivity contribution is 7.46. The van der Waals surface area contributed by atoms with Crippen LogP contribution in [-0.2, 0) is 28.2 Å². The molecule has 0 amide bonds. The molecule has 11 nitrogen and oxygen atoms in total. The summed E-state index contributed by atoms with van der Waals surface area (Å²) < 4.78 is 27.9. The van der Waals surface area contributed by atoms with Gasteiger partial charge in [-0.1, -0.05) is 76.5 Å². The number of unbranched alkanes of at least 4 members (excludes halogenated alkanes) is 1. The second-order valence-electron chi connectivity index (χ2n) is 12.7. The number of phosphoric ester groups is 1. The smallest absolute Gasteiger partial charge is 0.462 e. The second-order valence-corrected chi connectivity index (χ2v) is 13.9. The van der Waals surface area contributed by atoms with Crippen molar-refractivity contribution in [3.05, 3.63) is 48.6 Å². The largest absolute Gasteiger partial charge is 0.469 e. The number of hydrogen-bond donors (Lipinski definition) is 5.